The predicted molar refractivity (Wildman–Crippen MR) is 138 cm³/mol. The molecule has 0 radical (unpaired) electrons. The Hall–Kier alpha value is -3.02. The van der Waals surface area contributed by atoms with Gasteiger partial charge in [0.15, 0.2) is 6.17 Å². The standard InChI is InChI=1S/C24H37N5O6S/c1-14(27-34)25-17(30)13-28-10-11-29(24(8,9)20(28)32)19(31)15-12-16(22(2,3)4)36-18(15)26-21(33)35-23(5,6)7/h12,14H,10-11,13H2,1-9H3,(H,25,30)(H,26,33). The maximum Gasteiger partial charge on any atom is 0.412 e. The highest BCUT2D eigenvalue weighted by molar-refractivity contribution is 7.16. The lowest BCUT2D eigenvalue weighted by molar-refractivity contribution is -0.149. The summed E-state index contributed by atoms with van der Waals surface area (Å²) in [6.07, 6.45) is -1.58. The van der Waals surface area contributed by atoms with E-state index in [2.05, 4.69) is 15.8 Å². The molecular weight excluding hydrogens is 486 g/mol. The fraction of sp³-hybridized carbons (Fsp3) is 0.667. The zero-order valence-electron chi connectivity index (χ0n) is 22.5. The Balaban J connectivity index is 2.31. The molecule has 1 saturated heterocycles. The molecule has 1 unspecified atom stereocenters. The molecule has 1 aliphatic heterocycles. The van der Waals surface area contributed by atoms with Crippen molar-refractivity contribution in [2.75, 3.05) is 25.0 Å². The highest BCUT2D eigenvalue weighted by Gasteiger charge is 2.45. The lowest BCUT2D eigenvalue weighted by Crippen LogP contribution is -2.65. The smallest absolute Gasteiger partial charge is 0.412 e. The van der Waals surface area contributed by atoms with Crippen LogP contribution >= 0.6 is 11.3 Å². The highest BCUT2D eigenvalue weighted by atomic mass is 32.1. The third-order valence-corrected chi connectivity index (χ3v) is 6.98. The number of nitrogens with zero attached hydrogens (tertiary/aromatic N) is 3. The average Bonchev–Trinajstić information content (AvgIpc) is 3.13. The first-order valence-corrected chi connectivity index (χ1v) is 12.6. The van der Waals surface area contributed by atoms with E-state index in [1.54, 1.807) is 40.7 Å². The van der Waals surface area contributed by atoms with Crippen LogP contribution in [0.4, 0.5) is 9.80 Å². The molecule has 1 atom stereocenters. The van der Waals surface area contributed by atoms with Crippen molar-refractivity contribution in [2.45, 2.75) is 85.0 Å². The van der Waals surface area contributed by atoms with Gasteiger partial charge < -0.3 is 19.9 Å². The van der Waals surface area contributed by atoms with Crippen molar-refractivity contribution in [2.24, 2.45) is 5.18 Å². The quantitative estimate of drug-likeness (QED) is 0.546. The first-order valence-electron chi connectivity index (χ1n) is 11.7. The molecular formula is C24H37N5O6S. The molecule has 2 N–H and O–H groups in total. The predicted octanol–water partition coefficient (Wildman–Crippen LogP) is 3.68. The summed E-state index contributed by atoms with van der Waals surface area (Å²) in [7, 11) is 0. The van der Waals surface area contributed by atoms with E-state index in [4.69, 9.17) is 4.74 Å². The first kappa shape index (κ1) is 29.2. The van der Waals surface area contributed by atoms with Crippen LogP contribution in [0.15, 0.2) is 11.2 Å². The SMILES string of the molecule is CC(N=O)NC(=O)CN1CCN(C(=O)c2cc(C(C)(C)C)sc2NC(=O)OC(C)(C)C)C(C)(C)C1=O. The van der Waals surface area contributed by atoms with Crippen LogP contribution in [0, 0.1) is 4.91 Å². The molecule has 4 amide bonds. The minimum atomic E-state index is -1.25. The number of ether oxygens (including phenoxy) is 1. The monoisotopic (exact) mass is 523 g/mol. The summed E-state index contributed by atoms with van der Waals surface area (Å²) in [5, 5.41) is 8.18. The third-order valence-electron chi connectivity index (χ3n) is 5.50. The van der Waals surface area contributed by atoms with Crippen LogP contribution in [-0.2, 0) is 19.7 Å². The van der Waals surface area contributed by atoms with Crippen molar-refractivity contribution in [3.63, 3.8) is 0 Å². The number of hydrogen-bond acceptors (Lipinski definition) is 8. The molecule has 0 spiro atoms. The third kappa shape index (κ3) is 7.02. The second-order valence-corrected chi connectivity index (χ2v) is 12.4. The Bertz CT molecular complexity index is 1040. The van der Waals surface area contributed by atoms with Gasteiger partial charge in [-0.2, -0.15) is 0 Å². The molecule has 0 bridgehead atoms. The fourth-order valence-corrected chi connectivity index (χ4v) is 4.74. The maximum atomic E-state index is 13.7. The second-order valence-electron chi connectivity index (χ2n) is 11.3. The number of amides is 4. The number of nitroso groups, excluding NO2 is 1. The van der Waals surface area contributed by atoms with Gasteiger partial charge in [-0.3, -0.25) is 19.7 Å². The van der Waals surface area contributed by atoms with Crippen LogP contribution in [0.25, 0.3) is 0 Å². The Kier molecular flexibility index (Phi) is 8.55. The van der Waals surface area contributed by atoms with Gasteiger partial charge in [0.05, 0.1) is 12.1 Å². The van der Waals surface area contributed by atoms with Crippen LogP contribution in [0.3, 0.4) is 0 Å². The van der Waals surface area contributed by atoms with Crippen molar-refractivity contribution >= 4 is 40.2 Å². The Labute approximate surface area is 215 Å². The molecule has 1 aromatic heterocycles. The molecule has 200 valence electrons. The van der Waals surface area contributed by atoms with E-state index in [9.17, 15) is 24.1 Å². The Morgan fingerprint density at radius 1 is 1.17 bits per heavy atom. The molecule has 0 saturated carbocycles. The van der Waals surface area contributed by atoms with Gasteiger partial charge in [0, 0.05) is 18.0 Å². The van der Waals surface area contributed by atoms with Gasteiger partial charge in [-0.1, -0.05) is 20.8 Å². The minimum Gasteiger partial charge on any atom is -0.444 e. The van der Waals surface area contributed by atoms with E-state index in [1.165, 1.54) is 28.1 Å². The summed E-state index contributed by atoms with van der Waals surface area (Å²) in [5.74, 6) is -1.33. The second kappa shape index (κ2) is 10.5. The topological polar surface area (TPSA) is 137 Å². The zero-order chi connectivity index (χ0) is 27.6. The van der Waals surface area contributed by atoms with Crippen LogP contribution in [-0.4, -0.2) is 70.6 Å². The molecule has 11 nitrogen and oxygen atoms in total. The van der Waals surface area contributed by atoms with Gasteiger partial charge in [-0.25, -0.2) is 4.79 Å². The van der Waals surface area contributed by atoms with Gasteiger partial charge in [-0.15, -0.1) is 16.2 Å². The Morgan fingerprint density at radius 3 is 2.31 bits per heavy atom. The van der Waals surface area contributed by atoms with Crippen molar-refractivity contribution in [1.29, 1.82) is 0 Å². The number of thiophene rings is 1. The van der Waals surface area contributed by atoms with Gasteiger partial charge in [-0.05, 0) is 58.2 Å². The lowest BCUT2D eigenvalue weighted by Gasteiger charge is -2.45. The van der Waals surface area contributed by atoms with Crippen LogP contribution in [0.1, 0.15) is 77.5 Å². The lowest BCUT2D eigenvalue weighted by atomic mass is 9.93. The fourth-order valence-electron chi connectivity index (χ4n) is 3.64. The van der Waals surface area contributed by atoms with E-state index in [1.807, 2.05) is 20.8 Å². The zero-order valence-corrected chi connectivity index (χ0v) is 23.3. The number of hydrogen-bond donors (Lipinski definition) is 2. The number of rotatable bonds is 6. The van der Waals surface area contributed by atoms with E-state index in [0.717, 1.165) is 4.88 Å². The van der Waals surface area contributed by atoms with Crippen molar-refractivity contribution < 1.29 is 23.9 Å². The van der Waals surface area contributed by atoms with Gasteiger partial charge in [0.2, 0.25) is 11.8 Å². The molecule has 1 aromatic rings. The summed E-state index contributed by atoms with van der Waals surface area (Å²) < 4.78 is 5.37. The van der Waals surface area contributed by atoms with Crippen LogP contribution in [0.2, 0.25) is 0 Å². The molecule has 1 aliphatic rings. The molecule has 2 heterocycles. The molecule has 2 rings (SSSR count). The summed E-state index contributed by atoms with van der Waals surface area (Å²) in [6, 6.07) is 1.74. The van der Waals surface area contributed by atoms with Gasteiger partial charge >= 0.3 is 6.09 Å². The van der Waals surface area contributed by atoms with Crippen LogP contribution < -0.4 is 10.6 Å². The minimum absolute atomic E-state index is 0.134. The number of piperazine rings is 1. The average molecular weight is 524 g/mol. The normalized spacial score (nSPS) is 16.9. The van der Waals surface area contributed by atoms with E-state index < -0.39 is 41.1 Å². The van der Waals surface area contributed by atoms with E-state index in [0.29, 0.717) is 5.00 Å². The summed E-state index contributed by atoms with van der Waals surface area (Å²) in [4.78, 5) is 65.9. The van der Waals surface area contributed by atoms with E-state index in [-0.39, 0.29) is 30.6 Å². The molecule has 36 heavy (non-hydrogen) atoms. The molecule has 0 aliphatic carbocycles. The van der Waals surface area contributed by atoms with Crippen molar-refractivity contribution in [1.82, 2.24) is 15.1 Å². The van der Waals surface area contributed by atoms with Crippen LogP contribution in [0.5, 0.6) is 0 Å². The van der Waals surface area contributed by atoms with Gasteiger partial charge in [0.25, 0.3) is 5.91 Å². The number of carbonyl (C=O) groups excluding carboxylic acids is 4. The summed E-state index contributed by atoms with van der Waals surface area (Å²) >= 11 is 1.29. The largest absolute Gasteiger partial charge is 0.444 e. The molecule has 12 heteroatoms. The summed E-state index contributed by atoms with van der Waals surface area (Å²) in [6.45, 7) is 16.0. The van der Waals surface area contributed by atoms with Crippen molar-refractivity contribution in [3.8, 4) is 0 Å². The number of carbonyl (C=O) groups is 4. The van der Waals surface area contributed by atoms with Gasteiger partial charge in [0.1, 0.15) is 16.1 Å². The Morgan fingerprint density at radius 2 is 1.78 bits per heavy atom. The highest BCUT2D eigenvalue weighted by Crippen LogP contribution is 2.38. The summed E-state index contributed by atoms with van der Waals surface area (Å²) in [5.41, 5.74) is -1.97. The number of anilines is 1. The maximum absolute atomic E-state index is 13.7. The van der Waals surface area contributed by atoms with Crippen molar-refractivity contribution in [3.05, 3.63) is 21.4 Å². The molecule has 1 fully saturated rings. The number of nitrogens with one attached hydrogen (secondary N) is 2. The first-order chi connectivity index (χ1) is 16.4. The molecule has 0 aromatic carbocycles. The van der Waals surface area contributed by atoms with E-state index >= 15 is 0 Å².